The van der Waals surface area contributed by atoms with Gasteiger partial charge in [0.1, 0.15) is 0 Å². The quantitative estimate of drug-likeness (QED) is 0.638. The number of sulfonamides is 2. The number of nitrogens with zero attached hydrogens (tertiary/aromatic N) is 3. The highest BCUT2D eigenvalue weighted by Gasteiger charge is 2.27. The Hall–Kier alpha value is -1.79. The Morgan fingerprint density at radius 3 is 2.23 bits per heavy atom. The fourth-order valence-corrected chi connectivity index (χ4v) is 5.85. The highest BCUT2D eigenvalue weighted by molar-refractivity contribution is 7.89. The number of hydrogen-bond donors (Lipinski definition) is 1. The van der Waals surface area contributed by atoms with Crippen LogP contribution in [0.3, 0.4) is 0 Å². The lowest BCUT2D eigenvalue weighted by Gasteiger charge is -2.26. The van der Waals surface area contributed by atoms with E-state index in [0.29, 0.717) is 19.8 Å². The maximum absolute atomic E-state index is 12.7. The van der Waals surface area contributed by atoms with Crippen LogP contribution in [0.25, 0.3) is 0 Å². The first-order valence-corrected chi connectivity index (χ1v) is 12.7. The predicted octanol–water partition coefficient (Wildman–Crippen LogP) is 1.14. The average Bonchev–Trinajstić information content (AvgIpc) is 3.04. The van der Waals surface area contributed by atoms with Crippen LogP contribution in [0.4, 0.5) is 0 Å². The van der Waals surface area contributed by atoms with Crippen LogP contribution >= 0.6 is 0 Å². The Labute approximate surface area is 178 Å². The molecule has 0 spiro atoms. The Balaban J connectivity index is 1.64. The van der Waals surface area contributed by atoms with E-state index in [2.05, 4.69) is 9.82 Å². The molecule has 1 N–H and O–H groups in total. The first-order chi connectivity index (χ1) is 14.1. The van der Waals surface area contributed by atoms with E-state index in [1.54, 1.807) is 0 Å². The highest BCUT2D eigenvalue weighted by Crippen LogP contribution is 2.19. The highest BCUT2D eigenvalue weighted by atomic mass is 32.2. The van der Waals surface area contributed by atoms with E-state index in [9.17, 15) is 16.8 Å². The van der Waals surface area contributed by atoms with E-state index in [-0.39, 0.29) is 35.3 Å². The number of hydrogen-bond acceptors (Lipinski definition) is 6. The molecule has 1 aromatic heterocycles. The van der Waals surface area contributed by atoms with Crippen molar-refractivity contribution >= 4 is 20.0 Å². The smallest absolute Gasteiger partial charge is 0.243 e. The van der Waals surface area contributed by atoms with Gasteiger partial charge in [-0.2, -0.15) is 9.40 Å². The molecule has 2 aromatic rings. The van der Waals surface area contributed by atoms with Gasteiger partial charge in [-0.3, -0.25) is 4.68 Å². The maximum atomic E-state index is 12.7. The summed E-state index contributed by atoms with van der Waals surface area (Å²) < 4.78 is 61.5. The monoisotopic (exact) mass is 456 g/mol. The van der Waals surface area contributed by atoms with Crippen molar-refractivity contribution in [3.8, 4) is 0 Å². The largest absolute Gasteiger partial charge is 0.379 e. The van der Waals surface area contributed by atoms with Crippen molar-refractivity contribution in [2.75, 3.05) is 32.8 Å². The molecule has 30 heavy (non-hydrogen) atoms. The van der Waals surface area contributed by atoms with Crippen LogP contribution in [0.5, 0.6) is 0 Å². The minimum Gasteiger partial charge on any atom is -0.379 e. The SMILES string of the molecule is Cc1cc(C)n(CC(C)CNS(=O)(=O)c2ccc(S(=O)(=O)N3CCOCC3)cc2)n1. The molecule has 9 nitrogen and oxygen atoms in total. The van der Waals surface area contributed by atoms with Crippen molar-refractivity contribution in [3.63, 3.8) is 0 Å². The summed E-state index contributed by atoms with van der Waals surface area (Å²) in [5, 5.41) is 4.39. The van der Waals surface area contributed by atoms with Crippen LogP contribution in [0.2, 0.25) is 0 Å². The third-order valence-corrected chi connectivity index (χ3v) is 8.30. The molecule has 1 atom stereocenters. The third kappa shape index (κ3) is 5.27. The molecule has 2 heterocycles. The van der Waals surface area contributed by atoms with Gasteiger partial charge in [0.2, 0.25) is 20.0 Å². The van der Waals surface area contributed by atoms with Crippen molar-refractivity contribution in [2.24, 2.45) is 5.92 Å². The molecule has 0 amide bonds. The Morgan fingerprint density at radius 1 is 1.07 bits per heavy atom. The van der Waals surface area contributed by atoms with Crippen molar-refractivity contribution < 1.29 is 21.6 Å². The van der Waals surface area contributed by atoms with Crippen molar-refractivity contribution in [3.05, 3.63) is 41.7 Å². The Morgan fingerprint density at radius 2 is 1.67 bits per heavy atom. The van der Waals surface area contributed by atoms with Gasteiger partial charge in [0, 0.05) is 31.9 Å². The van der Waals surface area contributed by atoms with Gasteiger partial charge in [-0.25, -0.2) is 21.6 Å². The van der Waals surface area contributed by atoms with Gasteiger partial charge in [0.15, 0.2) is 0 Å². The molecular weight excluding hydrogens is 428 g/mol. The number of benzene rings is 1. The Kier molecular flexibility index (Phi) is 6.98. The van der Waals surface area contributed by atoms with Gasteiger partial charge in [0.05, 0.1) is 28.7 Å². The maximum Gasteiger partial charge on any atom is 0.243 e. The van der Waals surface area contributed by atoms with Crippen LogP contribution in [0.1, 0.15) is 18.3 Å². The minimum atomic E-state index is -3.75. The summed E-state index contributed by atoms with van der Waals surface area (Å²) in [6, 6.07) is 7.28. The summed E-state index contributed by atoms with van der Waals surface area (Å²) in [7, 11) is -7.41. The van der Waals surface area contributed by atoms with Crippen LogP contribution < -0.4 is 4.72 Å². The fraction of sp³-hybridized carbons (Fsp3) is 0.526. The van der Waals surface area contributed by atoms with Crippen molar-refractivity contribution in [1.82, 2.24) is 18.8 Å². The molecule has 1 aromatic carbocycles. The number of ether oxygens (including phenoxy) is 1. The van der Waals surface area contributed by atoms with E-state index in [0.717, 1.165) is 11.4 Å². The molecule has 0 radical (unpaired) electrons. The average molecular weight is 457 g/mol. The van der Waals surface area contributed by atoms with Crippen molar-refractivity contribution in [1.29, 1.82) is 0 Å². The normalized spacial score (nSPS) is 17.2. The number of nitrogens with one attached hydrogen (secondary N) is 1. The molecular formula is C19H28N4O5S2. The van der Waals surface area contributed by atoms with Gasteiger partial charge in [0.25, 0.3) is 0 Å². The summed E-state index contributed by atoms with van der Waals surface area (Å²) >= 11 is 0. The second kappa shape index (κ2) is 9.15. The molecule has 0 aliphatic carbocycles. The zero-order chi connectivity index (χ0) is 21.9. The standard InChI is InChI=1S/C19H28N4O5S2/c1-15(14-23-17(3)12-16(2)21-23)13-20-29(24,25)18-4-6-19(7-5-18)30(26,27)22-8-10-28-11-9-22/h4-7,12,15,20H,8-11,13-14H2,1-3H3. The predicted molar refractivity (Wildman–Crippen MR) is 112 cm³/mol. The molecule has 1 aliphatic rings. The molecule has 1 fully saturated rings. The summed E-state index contributed by atoms with van der Waals surface area (Å²) in [6.45, 7) is 7.94. The molecule has 11 heteroatoms. The van der Waals surface area contributed by atoms with E-state index >= 15 is 0 Å². The minimum absolute atomic E-state index is 0.0266. The van der Waals surface area contributed by atoms with Gasteiger partial charge in [-0.1, -0.05) is 6.92 Å². The van der Waals surface area contributed by atoms with E-state index in [4.69, 9.17) is 4.74 Å². The van der Waals surface area contributed by atoms with Crippen LogP contribution in [-0.2, 0) is 31.3 Å². The first kappa shape index (κ1) is 22.9. The third-order valence-electron chi connectivity index (χ3n) is 4.95. The van der Waals surface area contributed by atoms with Gasteiger partial charge in [-0.05, 0) is 50.1 Å². The lowest BCUT2D eigenvalue weighted by molar-refractivity contribution is 0.0730. The van der Waals surface area contributed by atoms with Gasteiger partial charge < -0.3 is 4.74 Å². The van der Waals surface area contributed by atoms with Crippen LogP contribution in [0.15, 0.2) is 40.1 Å². The molecule has 0 saturated carbocycles. The van der Waals surface area contributed by atoms with E-state index in [1.807, 2.05) is 31.5 Å². The number of rotatable bonds is 8. The summed E-state index contributed by atoms with van der Waals surface area (Å²) in [5.74, 6) is 0.0266. The Bertz CT molecular complexity index is 1070. The second-order valence-corrected chi connectivity index (χ2v) is 11.3. The number of aryl methyl sites for hydroxylation is 2. The first-order valence-electron chi connectivity index (χ1n) is 9.78. The van der Waals surface area contributed by atoms with Crippen LogP contribution in [0, 0.1) is 19.8 Å². The fourth-order valence-electron chi connectivity index (χ4n) is 3.28. The molecule has 1 aliphatic heterocycles. The lowest BCUT2D eigenvalue weighted by atomic mass is 10.2. The zero-order valence-electron chi connectivity index (χ0n) is 17.4. The van der Waals surface area contributed by atoms with E-state index in [1.165, 1.54) is 28.6 Å². The van der Waals surface area contributed by atoms with Gasteiger partial charge in [-0.15, -0.1) is 0 Å². The van der Waals surface area contributed by atoms with Crippen LogP contribution in [-0.4, -0.2) is 63.8 Å². The van der Waals surface area contributed by atoms with Gasteiger partial charge >= 0.3 is 0 Å². The van der Waals surface area contributed by atoms with Crippen molar-refractivity contribution in [2.45, 2.75) is 37.1 Å². The van der Waals surface area contributed by atoms with E-state index < -0.39 is 20.0 Å². The summed E-state index contributed by atoms with van der Waals surface area (Å²) in [4.78, 5) is 0.1000. The molecule has 3 rings (SSSR count). The molecule has 1 saturated heterocycles. The zero-order valence-corrected chi connectivity index (χ0v) is 19.0. The molecule has 166 valence electrons. The second-order valence-electron chi connectivity index (χ2n) is 7.55. The number of morpholine rings is 1. The summed E-state index contributed by atoms with van der Waals surface area (Å²) in [6.07, 6.45) is 0. The topological polar surface area (TPSA) is 111 Å². The lowest BCUT2D eigenvalue weighted by Crippen LogP contribution is -2.40. The number of aromatic nitrogens is 2. The molecule has 0 bridgehead atoms. The molecule has 1 unspecified atom stereocenters. The summed E-state index contributed by atoms with van der Waals surface area (Å²) in [5.41, 5.74) is 1.95.